The summed E-state index contributed by atoms with van der Waals surface area (Å²) >= 11 is 2.10. The first-order valence-electron chi connectivity index (χ1n) is 5.34. The zero-order valence-corrected chi connectivity index (χ0v) is 12.0. The minimum Gasteiger partial charge on any atom is -0.454 e. The van der Waals surface area contributed by atoms with Gasteiger partial charge in [-0.1, -0.05) is 22.6 Å². The average Bonchev–Trinajstić information content (AvgIpc) is 2.53. The molecule has 17 heavy (non-hydrogen) atoms. The van der Waals surface area contributed by atoms with Gasteiger partial charge in [0.05, 0.1) is 0 Å². The van der Waals surface area contributed by atoms with Crippen LogP contribution >= 0.6 is 22.6 Å². The van der Waals surface area contributed by atoms with Crippen molar-refractivity contribution in [3.63, 3.8) is 0 Å². The highest BCUT2D eigenvalue weighted by Gasteiger charge is 2.55. The Morgan fingerprint density at radius 2 is 2.06 bits per heavy atom. The molecule has 4 atom stereocenters. The highest BCUT2D eigenvalue weighted by molar-refractivity contribution is 14.1. The third kappa shape index (κ3) is 2.49. The number of halogens is 1. The van der Waals surface area contributed by atoms with Crippen molar-refractivity contribution < 1.29 is 23.7 Å². The molecule has 6 heteroatoms. The van der Waals surface area contributed by atoms with E-state index in [1.807, 2.05) is 24.0 Å². The van der Waals surface area contributed by atoms with Crippen molar-refractivity contribution in [2.45, 2.75) is 44.1 Å². The van der Waals surface area contributed by atoms with Crippen molar-refractivity contribution in [2.75, 3.05) is 7.11 Å². The molecule has 5 nitrogen and oxygen atoms in total. The van der Waals surface area contributed by atoms with Gasteiger partial charge in [-0.15, -0.1) is 0 Å². The fraction of sp³-hybridized carbons (Fsp3) is 0.727. The van der Waals surface area contributed by atoms with E-state index in [4.69, 9.17) is 18.9 Å². The van der Waals surface area contributed by atoms with E-state index < -0.39 is 30.1 Å². The van der Waals surface area contributed by atoms with Gasteiger partial charge in [0.25, 0.3) is 0 Å². The molecule has 96 valence electrons. The summed E-state index contributed by atoms with van der Waals surface area (Å²) in [7, 11) is 1.48. The van der Waals surface area contributed by atoms with Gasteiger partial charge in [0, 0.05) is 7.11 Å². The molecule has 2 heterocycles. The second-order valence-corrected chi connectivity index (χ2v) is 5.16. The molecule has 0 aliphatic carbocycles. The summed E-state index contributed by atoms with van der Waals surface area (Å²) in [6.45, 7) is 3.62. The maximum absolute atomic E-state index is 11.6. The van der Waals surface area contributed by atoms with Gasteiger partial charge in [0.2, 0.25) is 0 Å². The van der Waals surface area contributed by atoms with Crippen LogP contribution in [-0.2, 0) is 23.7 Å². The molecule has 0 aromatic rings. The van der Waals surface area contributed by atoms with Crippen LogP contribution in [0.4, 0.5) is 0 Å². The summed E-state index contributed by atoms with van der Waals surface area (Å²) in [6, 6.07) is 0. The fourth-order valence-electron chi connectivity index (χ4n) is 2.16. The highest BCUT2D eigenvalue weighted by Crippen LogP contribution is 2.36. The van der Waals surface area contributed by atoms with E-state index in [0.717, 1.165) is 0 Å². The number of carbonyl (C=O) groups is 1. The van der Waals surface area contributed by atoms with E-state index in [1.165, 1.54) is 7.11 Å². The van der Waals surface area contributed by atoms with Crippen LogP contribution in [0.1, 0.15) is 13.8 Å². The summed E-state index contributed by atoms with van der Waals surface area (Å²) in [4.78, 5) is 11.6. The Morgan fingerprint density at radius 3 is 2.65 bits per heavy atom. The zero-order chi connectivity index (χ0) is 12.6. The third-order valence-corrected chi connectivity index (χ3v) is 3.20. The molecule has 0 bridgehead atoms. The van der Waals surface area contributed by atoms with Crippen LogP contribution in [0.2, 0.25) is 0 Å². The molecule has 2 aliphatic heterocycles. The maximum atomic E-state index is 11.6. The van der Waals surface area contributed by atoms with Gasteiger partial charge in [-0.05, 0) is 24.0 Å². The van der Waals surface area contributed by atoms with Crippen LogP contribution in [-0.4, -0.2) is 43.3 Å². The Bertz CT molecular complexity index is 341. The minimum atomic E-state index is -0.757. The Kier molecular flexibility index (Phi) is 3.77. The van der Waals surface area contributed by atoms with Crippen LogP contribution in [0.5, 0.6) is 0 Å². The normalized spacial score (nSPS) is 40.4. The summed E-state index contributed by atoms with van der Waals surface area (Å²) in [6.07, 6.45) is 0.0201. The standard InChI is InChI=1S/C11H15IO5/c1-11(2)16-6(4-5-12)7-8(17-11)9(14-3)10(13)15-7/h4-9H,1-3H3/b5-4+. The first kappa shape index (κ1) is 13.3. The number of rotatable bonds is 2. The molecule has 0 saturated carbocycles. The predicted molar refractivity (Wildman–Crippen MR) is 67.7 cm³/mol. The molecule has 2 saturated heterocycles. The van der Waals surface area contributed by atoms with E-state index in [1.54, 1.807) is 0 Å². The first-order chi connectivity index (χ1) is 7.98. The Morgan fingerprint density at radius 1 is 1.35 bits per heavy atom. The molecular weight excluding hydrogens is 339 g/mol. The van der Waals surface area contributed by atoms with Crippen LogP contribution in [0.25, 0.3) is 0 Å². The topological polar surface area (TPSA) is 54.0 Å². The predicted octanol–water partition coefficient (Wildman–Crippen LogP) is 1.40. The lowest BCUT2D eigenvalue weighted by Gasteiger charge is -2.41. The van der Waals surface area contributed by atoms with Crippen LogP contribution < -0.4 is 0 Å². The van der Waals surface area contributed by atoms with E-state index in [9.17, 15) is 4.79 Å². The van der Waals surface area contributed by atoms with Gasteiger partial charge in [-0.3, -0.25) is 0 Å². The van der Waals surface area contributed by atoms with Gasteiger partial charge in [-0.2, -0.15) is 0 Å². The Hall–Kier alpha value is -0.180. The van der Waals surface area contributed by atoms with E-state index >= 15 is 0 Å². The highest BCUT2D eigenvalue weighted by atomic mass is 127. The summed E-state index contributed by atoms with van der Waals surface area (Å²) < 4.78 is 23.7. The average molecular weight is 354 g/mol. The molecule has 0 spiro atoms. The number of methoxy groups -OCH3 is 1. The van der Waals surface area contributed by atoms with Crippen LogP contribution in [0.15, 0.2) is 10.2 Å². The molecule has 2 fully saturated rings. The number of carbonyl (C=O) groups excluding carboxylic acids is 1. The zero-order valence-electron chi connectivity index (χ0n) is 9.88. The lowest BCUT2D eigenvalue weighted by molar-refractivity contribution is -0.318. The fourth-order valence-corrected chi connectivity index (χ4v) is 2.57. The summed E-state index contributed by atoms with van der Waals surface area (Å²) in [5, 5.41) is 0. The number of esters is 1. The van der Waals surface area contributed by atoms with Crippen LogP contribution in [0, 0.1) is 0 Å². The SMILES string of the molecule is COC1C(=O)OC2C(/C=C/I)OC(C)(C)OC12. The first-order valence-corrected chi connectivity index (χ1v) is 6.59. The van der Waals surface area contributed by atoms with Gasteiger partial charge in [-0.25, -0.2) is 4.79 Å². The molecule has 0 radical (unpaired) electrons. The number of hydrogen-bond donors (Lipinski definition) is 0. The van der Waals surface area contributed by atoms with E-state index in [2.05, 4.69) is 22.6 Å². The number of hydrogen-bond acceptors (Lipinski definition) is 5. The molecule has 0 aromatic carbocycles. The van der Waals surface area contributed by atoms with Gasteiger partial charge in [0.15, 0.2) is 18.0 Å². The van der Waals surface area contributed by atoms with Gasteiger partial charge < -0.3 is 18.9 Å². The molecular formula is C11H15IO5. The number of ether oxygens (including phenoxy) is 4. The summed E-state index contributed by atoms with van der Waals surface area (Å²) in [5.74, 6) is -1.15. The van der Waals surface area contributed by atoms with Gasteiger partial charge in [0.1, 0.15) is 12.2 Å². The van der Waals surface area contributed by atoms with Crippen molar-refractivity contribution in [1.29, 1.82) is 0 Å². The van der Waals surface area contributed by atoms with Crippen molar-refractivity contribution >= 4 is 28.6 Å². The minimum absolute atomic E-state index is 0.301. The largest absolute Gasteiger partial charge is 0.454 e. The van der Waals surface area contributed by atoms with Gasteiger partial charge >= 0.3 is 5.97 Å². The molecule has 0 amide bonds. The smallest absolute Gasteiger partial charge is 0.338 e. The van der Waals surface area contributed by atoms with Crippen LogP contribution in [0.3, 0.4) is 0 Å². The third-order valence-electron chi connectivity index (χ3n) is 2.79. The summed E-state index contributed by atoms with van der Waals surface area (Å²) in [5.41, 5.74) is 0. The lowest BCUT2D eigenvalue weighted by atomic mass is 10.0. The lowest BCUT2D eigenvalue weighted by Crippen LogP contribution is -2.54. The molecule has 0 N–H and O–H groups in total. The van der Waals surface area contributed by atoms with E-state index in [-0.39, 0.29) is 6.10 Å². The molecule has 0 aromatic heterocycles. The van der Waals surface area contributed by atoms with Crippen molar-refractivity contribution in [1.82, 2.24) is 0 Å². The monoisotopic (exact) mass is 354 g/mol. The second-order valence-electron chi connectivity index (χ2n) is 4.44. The van der Waals surface area contributed by atoms with E-state index in [0.29, 0.717) is 0 Å². The number of fused-ring (bicyclic) bond motifs is 1. The molecule has 4 unspecified atom stereocenters. The van der Waals surface area contributed by atoms with Crippen molar-refractivity contribution in [3.05, 3.63) is 10.2 Å². The molecule has 2 rings (SSSR count). The second kappa shape index (κ2) is 4.83. The quantitative estimate of drug-likeness (QED) is 0.554. The Labute approximate surface area is 114 Å². The molecule has 2 aliphatic rings. The Balaban J connectivity index is 2.26. The van der Waals surface area contributed by atoms with Crippen molar-refractivity contribution in [3.8, 4) is 0 Å². The van der Waals surface area contributed by atoms with Crippen molar-refractivity contribution in [2.24, 2.45) is 0 Å². The maximum Gasteiger partial charge on any atom is 0.338 e.